The Hall–Kier alpha value is -1.73. The number of unbranched alkanes of at least 4 members (excludes halogenated alkanes) is 2. The van der Waals surface area contributed by atoms with Crippen molar-refractivity contribution in [3.63, 3.8) is 0 Å². The van der Waals surface area contributed by atoms with E-state index in [1.807, 2.05) is 25.5 Å². The minimum Gasteiger partial charge on any atom is -0.382 e. The Morgan fingerprint density at radius 2 is 2.00 bits per heavy atom. The molecule has 0 saturated heterocycles. The number of rotatable bonds is 3. The quantitative estimate of drug-likeness (QED) is 0.537. The van der Waals surface area contributed by atoms with Gasteiger partial charge in [-0.25, -0.2) is 9.97 Å². The van der Waals surface area contributed by atoms with Gasteiger partial charge in [0.25, 0.3) is 0 Å². The number of nitrogens with zero attached hydrogens (tertiary/aromatic N) is 3. The first kappa shape index (κ1) is 14.7. The van der Waals surface area contributed by atoms with E-state index in [0.717, 1.165) is 41.6 Å². The van der Waals surface area contributed by atoms with Crippen LogP contribution in [0.2, 0.25) is 0 Å². The molecule has 0 amide bonds. The van der Waals surface area contributed by atoms with Crippen molar-refractivity contribution in [3.05, 3.63) is 17.1 Å². The molecule has 2 rings (SSSR count). The molecule has 20 heavy (non-hydrogen) atoms. The summed E-state index contributed by atoms with van der Waals surface area (Å²) >= 11 is 5.66. The van der Waals surface area contributed by atoms with Crippen LogP contribution >= 0.6 is 11.6 Å². The van der Waals surface area contributed by atoms with Crippen LogP contribution < -0.4 is 5.73 Å². The summed E-state index contributed by atoms with van der Waals surface area (Å²) in [5.41, 5.74) is 9.72. The Labute approximate surface area is 124 Å². The summed E-state index contributed by atoms with van der Waals surface area (Å²) in [7, 11) is 1.96. The summed E-state index contributed by atoms with van der Waals surface area (Å²) < 4.78 is 2.01. The van der Waals surface area contributed by atoms with Crippen LogP contribution in [0.4, 0.5) is 5.82 Å². The number of halogens is 1. The molecule has 106 valence electrons. The van der Waals surface area contributed by atoms with E-state index in [9.17, 15) is 0 Å². The third-order valence-electron chi connectivity index (χ3n) is 3.36. The molecule has 5 heteroatoms. The van der Waals surface area contributed by atoms with Gasteiger partial charge in [-0.05, 0) is 26.7 Å². The van der Waals surface area contributed by atoms with Gasteiger partial charge in [0, 0.05) is 25.0 Å². The van der Waals surface area contributed by atoms with Crippen molar-refractivity contribution in [2.45, 2.75) is 33.1 Å². The SMILES string of the molecule is Cc1nc(N)c2c(n1)c(C#CCCCCCl)c(C)n2C. The molecule has 0 bridgehead atoms. The summed E-state index contributed by atoms with van der Waals surface area (Å²) in [6.45, 7) is 3.87. The van der Waals surface area contributed by atoms with Crippen molar-refractivity contribution in [3.8, 4) is 11.8 Å². The monoisotopic (exact) mass is 290 g/mol. The van der Waals surface area contributed by atoms with Crippen LogP contribution in [0.5, 0.6) is 0 Å². The van der Waals surface area contributed by atoms with Gasteiger partial charge in [0.15, 0.2) is 5.82 Å². The van der Waals surface area contributed by atoms with Crippen LogP contribution in [-0.4, -0.2) is 20.4 Å². The van der Waals surface area contributed by atoms with E-state index in [4.69, 9.17) is 17.3 Å². The van der Waals surface area contributed by atoms with Crippen molar-refractivity contribution < 1.29 is 0 Å². The molecule has 0 fully saturated rings. The van der Waals surface area contributed by atoms with Crippen molar-refractivity contribution in [1.29, 1.82) is 0 Å². The largest absolute Gasteiger partial charge is 0.382 e. The fourth-order valence-corrected chi connectivity index (χ4v) is 2.40. The Morgan fingerprint density at radius 1 is 1.25 bits per heavy atom. The van der Waals surface area contributed by atoms with E-state index in [-0.39, 0.29) is 0 Å². The van der Waals surface area contributed by atoms with Gasteiger partial charge in [0.1, 0.15) is 16.9 Å². The zero-order chi connectivity index (χ0) is 14.7. The number of alkyl halides is 1. The predicted molar refractivity (Wildman–Crippen MR) is 83.8 cm³/mol. The van der Waals surface area contributed by atoms with Crippen LogP contribution in [0.1, 0.15) is 36.3 Å². The van der Waals surface area contributed by atoms with Crippen LogP contribution in [0.25, 0.3) is 11.0 Å². The number of nitrogens with two attached hydrogens (primary N) is 1. The lowest BCUT2D eigenvalue weighted by molar-refractivity contribution is 0.833. The fourth-order valence-electron chi connectivity index (χ4n) is 2.21. The van der Waals surface area contributed by atoms with Gasteiger partial charge in [0.05, 0.1) is 5.56 Å². The lowest BCUT2D eigenvalue weighted by atomic mass is 10.2. The molecule has 0 aliphatic heterocycles. The number of nitrogen functional groups attached to an aromatic ring is 1. The number of fused-ring (bicyclic) bond motifs is 1. The number of hydrogen-bond donors (Lipinski definition) is 1. The second kappa shape index (κ2) is 6.15. The molecule has 0 radical (unpaired) electrons. The Kier molecular flexibility index (Phi) is 4.51. The summed E-state index contributed by atoms with van der Waals surface area (Å²) in [5.74, 6) is 8.30. The first-order valence-electron chi connectivity index (χ1n) is 6.70. The topological polar surface area (TPSA) is 56.7 Å². The number of aromatic nitrogens is 3. The highest BCUT2D eigenvalue weighted by atomic mass is 35.5. The lowest BCUT2D eigenvalue weighted by Gasteiger charge is -2.01. The zero-order valence-electron chi connectivity index (χ0n) is 12.1. The van der Waals surface area contributed by atoms with E-state index in [1.165, 1.54) is 0 Å². The Morgan fingerprint density at radius 3 is 2.70 bits per heavy atom. The maximum absolute atomic E-state index is 6.00. The highest BCUT2D eigenvalue weighted by Gasteiger charge is 2.15. The summed E-state index contributed by atoms with van der Waals surface area (Å²) in [5, 5.41) is 0. The van der Waals surface area contributed by atoms with Gasteiger partial charge in [-0.2, -0.15) is 0 Å². The van der Waals surface area contributed by atoms with Crippen molar-refractivity contribution in [1.82, 2.24) is 14.5 Å². The van der Waals surface area contributed by atoms with Crippen molar-refractivity contribution in [2.24, 2.45) is 7.05 Å². The van der Waals surface area contributed by atoms with E-state index in [1.54, 1.807) is 0 Å². The second-order valence-corrected chi connectivity index (χ2v) is 5.20. The van der Waals surface area contributed by atoms with E-state index in [2.05, 4.69) is 21.8 Å². The molecule has 2 heterocycles. The maximum Gasteiger partial charge on any atom is 0.151 e. The second-order valence-electron chi connectivity index (χ2n) is 4.82. The predicted octanol–water partition coefficient (Wildman–Crippen LogP) is 2.93. The lowest BCUT2D eigenvalue weighted by Crippen LogP contribution is -2.00. The van der Waals surface area contributed by atoms with Gasteiger partial charge < -0.3 is 10.3 Å². The number of hydrogen-bond acceptors (Lipinski definition) is 3. The van der Waals surface area contributed by atoms with Crippen LogP contribution in [0.15, 0.2) is 0 Å². The van der Waals surface area contributed by atoms with Gasteiger partial charge >= 0.3 is 0 Å². The Balaban J connectivity index is 2.45. The van der Waals surface area contributed by atoms with E-state index >= 15 is 0 Å². The van der Waals surface area contributed by atoms with Crippen molar-refractivity contribution >= 4 is 28.5 Å². The summed E-state index contributed by atoms with van der Waals surface area (Å²) in [4.78, 5) is 8.72. The van der Waals surface area contributed by atoms with Gasteiger partial charge in [-0.15, -0.1) is 11.6 Å². The Bertz CT molecular complexity index is 691. The molecule has 2 aromatic heterocycles. The average molecular weight is 291 g/mol. The van der Waals surface area contributed by atoms with Gasteiger partial charge in [-0.1, -0.05) is 11.8 Å². The minimum absolute atomic E-state index is 0.508. The maximum atomic E-state index is 6.00. The number of aryl methyl sites for hydroxylation is 2. The molecule has 0 spiro atoms. The molecule has 2 aromatic rings. The molecular formula is C15H19ClN4. The molecule has 2 N–H and O–H groups in total. The average Bonchev–Trinajstić information content (AvgIpc) is 2.63. The standard InChI is InChI=1S/C15H19ClN4/c1-10-12(8-6-4-5-7-9-16)13-14(20(10)3)15(17)19-11(2)18-13/h4-5,7,9H2,1-3H3,(H2,17,18,19). The molecular weight excluding hydrogens is 272 g/mol. The molecule has 0 unspecified atom stereocenters. The summed E-state index contributed by atoms with van der Waals surface area (Å²) in [6.07, 6.45) is 2.87. The first-order valence-corrected chi connectivity index (χ1v) is 7.23. The minimum atomic E-state index is 0.508. The number of anilines is 1. The molecule has 0 atom stereocenters. The van der Waals surface area contributed by atoms with E-state index in [0.29, 0.717) is 17.5 Å². The molecule has 0 aliphatic rings. The molecule has 0 aliphatic carbocycles. The molecule has 0 aromatic carbocycles. The summed E-state index contributed by atoms with van der Waals surface area (Å²) in [6, 6.07) is 0. The van der Waals surface area contributed by atoms with Crippen LogP contribution in [0, 0.1) is 25.7 Å². The first-order chi connectivity index (χ1) is 9.56. The smallest absolute Gasteiger partial charge is 0.151 e. The third kappa shape index (κ3) is 2.73. The normalized spacial score (nSPS) is 10.6. The van der Waals surface area contributed by atoms with E-state index < -0.39 is 0 Å². The van der Waals surface area contributed by atoms with Crippen LogP contribution in [0.3, 0.4) is 0 Å². The van der Waals surface area contributed by atoms with Crippen molar-refractivity contribution in [2.75, 3.05) is 11.6 Å². The molecule has 0 saturated carbocycles. The highest BCUT2D eigenvalue weighted by Crippen LogP contribution is 2.26. The van der Waals surface area contributed by atoms with Gasteiger partial charge in [0.2, 0.25) is 0 Å². The van der Waals surface area contributed by atoms with Crippen LogP contribution in [-0.2, 0) is 7.05 Å². The zero-order valence-corrected chi connectivity index (χ0v) is 12.9. The molecule has 4 nitrogen and oxygen atoms in total. The highest BCUT2D eigenvalue weighted by molar-refractivity contribution is 6.17. The third-order valence-corrected chi connectivity index (χ3v) is 3.63. The van der Waals surface area contributed by atoms with Gasteiger partial charge in [-0.3, -0.25) is 0 Å². The fraction of sp³-hybridized carbons (Fsp3) is 0.467.